The second-order valence-electron chi connectivity index (χ2n) is 6.03. The first-order valence-corrected chi connectivity index (χ1v) is 8.08. The topological polar surface area (TPSA) is 87.1 Å². The number of carbonyl (C=O) groups is 1. The first-order valence-electron chi connectivity index (χ1n) is 7.67. The molecule has 3 N–H and O–H groups in total. The normalized spacial score (nSPS) is 21.3. The predicted molar refractivity (Wildman–Crippen MR) is 90.1 cm³/mol. The van der Waals surface area contributed by atoms with Crippen LogP contribution in [0.15, 0.2) is 23.0 Å². The SMILES string of the molecule is Cn1c(=S)[nH]c2cc(C(=O)NC3CCC(O)CC3)ccc2c1=O. The lowest BCUT2D eigenvalue weighted by atomic mass is 9.93. The standard InChI is InChI=1S/C16H19N3O3S/c1-19-15(22)12-7-2-9(8-13(12)18-16(19)23)14(21)17-10-3-5-11(20)6-4-10/h2,7-8,10-11,20H,3-6H2,1H3,(H,17,21)(H,18,23). The molecule has 1 aliphatic rings. The number of H-pyrrole nitrogens is 1. The highest BCUT2D eigenvalue weighted by Crippen LogP contribution is 2.19. The fourth-order valence-corrected chi connectivity index (χ4v) is 3.13. The van der Waals surface area contributed by atoms with Gasteiger partial charge in [-0.2, -0.15) is 0 Å². The number of nitrogens with one attached hydrogen (secondary N) is 2. The summed E-state index contributed by atoms with van der Waals surface area (Å²) in [5.41, 5.74) is 0.865. The molecule has 0 radical (unpaired) electrons. The molecule has 0 aliphatic heterocycles. The average molecular weight is 333 g/mol. The molecule has 3 rings (SSSR count). The van der Waals surface area contributed by atoms with Crippen molar-refractivity contribution in [1.82, 2.24) is 14.9 Å². The maximum absolute atomic E-state index is 12.4. The largest absolute Gasteiger partial charge is 0.393 e. The van der Waals surface area contributed by atoms with Gasteiger partial charge in [-0.25, -0.2) is 0 Å². The highest BCUT2D eigenvalue weighted by molar-refractivity contribution is 7.71. The molecular formula is C16H19N3O3S. The number of nitrogens with zero attached hydrogens (tertiary/aromatic N) is 1. The molecule has 0 saturated heterocycles. The number of amides is 1. The van der Waals surface area contributed by atoms with Crippen LogP contribution in [-0.2, 0) is 7.05 Å². The van der Waals surface area contributed by atoms with Crippen molar-refractivity contribution in [3.05, 3.63) is 38.9 Å². The number of rotatable bonds is 2. The second-order valence-corrected chi connectivity index (χ2v) is 6.42. The van der Waals surface area contributed by atoms with Crippen LogP contribution in [0.3, 0.4) is 0 Å². The van der Waals surface area contributed by atoms with E-state index in [0.717, 1.165) is 12.8 Å². The summed E-state index contributed by atoms with van der Waals surface area (Å²) in [5, 5.41) is 13.0. The molecule has 23 heavy (non-hydrogen) atoms. The molecule has 1 fully saturated rings. The second kappa shape index (κ2) is 6.25. The number of aromatic nitrogens is 2. The van der Waals surface area contributed by atoms with E-state index in [-0.39, 0.29) is 23.6 Å². The maximum Gasteiger partial charge on any atom is 0.261 e. The number of hydrogen-bond donors (Lipinski definition) is 3. The van der Waals surface area contributed by atoms with E-state index in [9.17, 15) is 14.7 Å². The van der Waals surface area contributed by atoms with Gasteiger partial charge < -0.3 is 15.4 Å². The predicted octanol–water partition coefficient (Wildman–Crippen LogP) is 1.63. The smallest absolute Gasteiger partial charge is 0.261 e. The lowest BCUT2D eigenvalue weighted by Gasteiger charge is -2.26. The third-order valence-corrected chi connectivity index (χ3v) is 4.77. The molecule has 1 amide bonds. The van der Waals surface area contributed by atoms with Gasteiger partial charge in [0.05, 0.1) is 17.0 Å². The van der Waals surface area contributed by atoms with Crippen LogP contribution in [0.4, 0.5) is 0 Å². The van der Waals surface area contributed by atoms with Crippen LogP contribution < -0.4 is 10.9 Å². The van der Waals surface area contributed by atoms with Crippen molar-refractivity contribution in [2.75, 3.05) is 0 Å². The molecule has 1 heterocycles. The number of aliphatic hydroxyl groups is 1. The summed E-state index contributed by atoms with van der Waals surface area (Å²) in [4.78, 5) is 27.5. The van der Waals surface area contributed by atoms with E-state index in [1.807, 2.05) is 0 Å². The van der Waals surface area contributed by atoms with Crippen molar-refractivity contribution in [3.8, 4) is 0 Å². The van der Waals surface area contributed by atoms with Gasteiger partial charge in [0.2, 0.25) is 0 Å². The Hall–Kier alpha value is -1.99. The van der Waals surface area contributed by atoms with Gasteiger partial charge in [0.25, 0.3) is 11.5 Å². The number of fused-ring (bicyclic) bond motifs is 1. The number of benzene rings is 1. The van der Waals surface area contributed by atoms with Gasteiger partial charge in [-0.1, -0.05) is 0 Å². The maximum atomic E-state index is 12.4. The van der Waals surface area contributed by atoms with Crippen LogP contribution in [0.2, 0.25) is 0 Å². The van der Waals surface area contributed by atoms with Crippen LogP contribution in [-0.4, -0.2) is 32.7 Å². The van der Waals surface area contributed by atoms with Gasteiger partial charge in [0.15, 0.2) is 4.77 Å². The van der Waals surface area contributed by atoms with Crippen molar-refractivity contribution in [1.29, 1.82) is 0 Å². The molecule has 1 saturated carbocycles. The molecule has 0 atom stereocenters. The van der Waals surface area contributed by atoms with Crippen LogP contribution >= 0.6 is 12.2 Å². The lowest BCUT2D eigenvalue weighted by molar-refractivity contribution is 0.0868. The zero-order valence-electron chi connectivity index (χ0n) is 12.8. The fourth-order valence-electron chi connectivity index (χ4n) is 2.94. The molecule has 6 nitrogen and oxygen atoms in total. The van der Waals surface area contributed by atoms with E-state index in [1.54, 1.807) is 25.2 Å². The van der Waals surface area contributed by atoms with Gasteiger partial charge in [-0.3, -0.25) is 14.2 Å². The van der Waals surface area contributed by atoms with E-state index in [2.05, 4.69) is 10.3 Å². The van der Waals surface area contributed by atoms with E-state index in [1.165, 1.54) is 4.57 Å². The van der Waals surface area contributed by atoms with Crippen LogP contribution in [0.1, 0.15) is 36.0 Å². The third-order valence-electron chi connectivity index (χ3n) is 4.39. The average Bonchev–Trinajstić information content (AvgIpc) is 2.54. The van der Waals surface area contributed by atoms with Crippen molar-refractivity contribution < 1.29 is 9.90 Å². The summed E-state index contributed by atoms with van der Waals surface area (Å²) in [6, 6.07) is 5.03. The summed E-state index contributed by atoms with van der Waals surface area (Å²) in [7, 11) is 1.61. The van der Waals surface area contributed by atoms with E-state index < -0.39 is 0 Å². The monoisotopic (exact) mass is 333 g/mol. The summed E-state index contributed by atoms with van der Waals surface area (Å²) in [6.45, 7) is 0. The molecule has 2 aromatic rings. The summed E-state index contributed by atoms with van der Waals surface area (Å²) >= 11 is 5.10. The molecule has 7 heteroatoms. The van der Waals surface area contributed by atoms with E-state index in [4.69, 9.17) is 12.2 Å². The summed E-state index contributed by atoms with van der Waals surface area (Å²) in [6.07, 6.45) is 2.74. The van der Waals surface area contributed by atoms with Crippen LogP contribution in [0.25, 0.3) is 10.9 Å². The Labute approximate surface area is 138 Å². The quantitative estimate of drug-likeness (QED) is 0.729. The van der Waals surface area contributed by atoms with Crippen LogP contribution in [0, 0.1) is 4.77 Å². The van der Waals surface area contributed by atoms with E-state index in [0.29, 0.717) is 34.1 Å². The Bertz CT molecular complexity index is 863. The van der Waals surface area contributed by atoms with Crippen LogP contribution in [0.5, 0.6) is 0 Å². The first kappa shape index (κ1) is 15.9. The number of aliphatic hydroxyl groups excluding tert-OH is 1. The Kier molecular flexibility index (Phi) is 4.32. The highest BCUT2D eigenvalue weighted by atomic mass is 32.1. The molecule has 0 spiro atoms. The zero-order valence-corrected chi connectivity index (χ0v) is 13.7. The van der Waals surface area contributed by atoms with Gasteiger partial charge in [-0.15, -0.1) is 0 Å². The molecule has 122 valence electrons. The molecule has 0 bridgehead atoms. The fraction of sp³-hybridized carbons (Fsp3) is 0.438. The summed E-state index contributed by atoms with van der Waals surface area (Å²) in [5.74, 6) is -0.173. The molecule has 0 unspecified atom stereocenters. The minimum Gasteiger partial charge on any atom is -0.393 e. The zero-order chi connectivity index (χ0) is 16.6. The van der Waals surface area contributed by atoms with Crippen molar-refractivity contribution >= 4 is 29.0 Å². The minimum atomic E-state index is -0.250. The van der Waals surface area contributed by atoms with Crippen molar-refractivity contribution in [2.24, 2.45) is 7.05 Å². The van der Waals surface area contributed by atoms with Crippen molar-refractivity contribution in [2.45, 2.75) is 37.8 Å². The first-order chi connectivity index (χ1) is 11.0. The van der Waals surface area contributed by atoms with Gasteiger partial charge >= 0.3 is 0 Å². The molecule has 1 aromatic carbocycles. The Morgan fingerprint density at radius 1 is 1.35 bits per heavy atom. The molecular weight excluding hydrogens is 314 g/mol. The minimum absolute atomic E-state index is 0.0868. The van der Waals surface area contributed by atoms with Gasteiger partial charge in [0.1, 0.15) is 0 Å². The van der Waals surface area contributed by atoms with Gasteiger partial charge in [-0.05, 0) is 56.1 Å². The van der Waals surface area contributed by atoms with Gasteiger partial charge in [0, 0.05) is 18.7 Å². The number of carbonyl (C=O) groups excluding carboxylic acids is 1. The molecule has 1 aromatic heterocycles. The number of aromatic amines is 1. The number of hydrogen-bond acceptors (Lipinski definition) is 4. The lowest BCUT2D eigenvalue weighted by Crippen LogP contribution is -2.38. The Balaban J connectivity index is 1.85. The Morgan fingerprint density at radius 3 is 2.74 bits per heavy atom. The summed E-state index contributed by atoms with van der Waals surface area (Å²) < 4.78 is 1.69. The van der Waals surface area contributed by atoms with E-state index >= 15 is 0 Å². The highest BCUT2D eigenvalue weighted by Gasteiger charge is 2.21. The van der Waals surface area contributed by atoms with Crippen molar-refractivity contribution in [3.63, 3.8) is 0 Å². The Morgan fingerprint density at radius 2 is 2.04 bits per heavy atom. The third kappa shape index (κ3) is 3.20. The molecule has 1 aliphatic carbocycles.